The molecule has 0 aliphatic rings. The normalized spacial score (nSPS) is 11.3. The van der Waals surface area contributed by atoms with Crippen LogP contribution in [0.1, 0.15) is 5.56 Å². The predicted octanol–water partition coefficient (Wildman–Crippen LogP) is 3.40. The van der Waals surface area contributed by atoms with E-state index in [0.29, 0.717) is 0 Å². The largest absolute Gasteiger partial charge is 0.399 e. The number of hydrogen-bond donors (Lipinski definition) is 2. The molecule has 0 aliphatic heterocycles. The lowest BCUT2D eigenvalue weighted by Gasteiger charge is -2.08. The highest BCUT2D eigenvalue weighted by atomic mass is 15.0. The number of rotatable bonds is 2. The first-order valence-corrected chi connectivity index (χ1v) is 7.18. The maximum Gasteiger partial charge on any atom is 0.0515 e. The van der Waals surface area contributed by atoms with Crippen LogP contribution in [0.4, 0.5) is 11.4 Å². The van der Waals surface area contributed by atoms with E-state index in [1.54, 1.807) is 6.20 Å². The van der Waals surface area contributed by atoms with Crippen molar-refractivity contribution in [3.05, 3.63) is 66.5 Å². The number of anilines is 2. The van der Waals surface area contributed by atoms with Crippen LogP contribution in [0, 0.1) is 0 Å². The van der Waals surface area contributed by atoms with Gasteiger partial charge >= 0.3 is 0 Å². The van der Waals surface area contributed by atoms with Crippen LogP contribution in [0.15, 0.2) is 60.9 Å². The molecule has 2 heterocycles. The SMILES string of the molecule is Nc1ccc2c3ccc(N)cc3n(Cc3cccnc3)c2c1. The van der Waals surface area contributed by atoms with Crippen LogP contribution in [-0.2, 0) is 6.54 Å². The molecule has 2 aromatic carbocycles. The zero-order valence-electron chi connectivity index (χ0n) is 12.0. The van der Waals surface area contributed by atoms with Crippen LogP contribution < -0.4 is 11.5 Å². The highest BCUT2D eigenvalue weighted by molar-refractivity contribution is 6.09. The van der Waals surface area contributed by atoms with Crippen LogP contribution in [-0.4, -0.2) is 9.55 Å². The van der Waals surface area contributed by atoms with Gasteiger partial charge in [-0.05, 0) is 35.9 Å². The molecule has 0 atom stereocenters. The van der Waals surface area contributed by atoms with Crippen molar-refractivity contribution < 1.29 is 0 Å². The van der Waals surface area contributed by atoms with Gasteiger partial charge in [-0.2, -0.15) is 0 Å². The monoisotopic (exact) mass is 288 g/mol. The van der Waals surface area contributed by atoms with Crippen LogP contribution >= 0.6 is 0 Å². The Labute approximate surface area is 128 Å². The number of aromatic nitrogens is 2. The minimum atomic E-state index is 0.737. The third-order valence-electron chi connectivity index (χ3n) is 3.98. The van der Waals surface area contributed by atoms with E-state index in [2.05, 4.69) is 27.8 Å². The Hall–Kier alpha value is -3.01. The van der Waals surface area contributed by atoms with Crippen molar-refractivity contribution in [2.75, 3.05) is 11.5 Å². The van der Waals surface area contributed by atoms with Crippen molar-refractivity contribution >= 4 is 33.2 Å². The summed E-state index contributed by atoms with van der Waals surface area (Å²) < 4.78 is 2.24. The van der Waals surface area contributed by atoms with E-state index in [0.717, 1.165) is 34.5 Å². The van der Waals surface area contributed by atoms with Gasteiger partial charge in [-0.3, -0.25) is 4.98 Å². The maximum absolute atomic E-state index is 5.99. The van der Waals surface area contributed by atoms with Gasteiger partial charge in [0.2, 0.25) is 0 Å². The fraction of sp³-hybridized carbons (Fsp3) is 0.0556. The molecule has 4 rings (SSSR count). The lowest BCUT2D eigenvalue weighted by molar-refractivity contribution is 0.863. The number of nitrogens with zero attached hydrogens (tertiary/aromatic N) is 2. The minimum Gasteiger partial charge on any atom is -0.399 e. The molecule has 0 saturated carbocycles. The molecule has 0 aliphatic carbocycles. The summed E-state index contributed by atoms with van der Waals surface area (Å²) in [6.07, 6.45) is 3.67. The van der Waals surface area contributed by atoms with E-state index in [1.807, 2.05) is 36.5 Å². The highest BCUT2D eigenvalue weighted by Crippen LogP contribution is 2.32. The van der Waals surface area contributed by atoms with Crippen molar-refractivity contribution in [2.45, 2.75) is 6.54 Å². The van der Waals surface area contributed by atoms with Gasteiger partial charge in [-0.1, -0.05) is 18.2 Å². The Morgan fingerprint density at radius 1 is 0.864 bits per heavy atom. The molecule has 4 nitrogen and oxygen atoms in total. The molecule has 0 radical (unpaired) electrons. The second-order valence-electron chi connectivity index (χ2n) is 5.50. The van der Waals surface area contributed by atoms with Gasteiger partial charge < -0.3 is 16.0 Å². The number of nitrogen functional groups attached to an aromatic ring is 2. The summed E-state index contributed by atoms with van der Waals surface area (Å²) in [4.78, 5) is 4.20. The standard InChI is InChI=1S/C18H16N4/c19-13-3-5-15-16-6-4-14(20)9-18(16)22(17(15)8-13)11-12-2-1-7-21-10-12/h1-10H,11,19-20H2. The highest BCUT2D eigenvalue weighted by Gasteiger charge is 2.11. The summed E-state index contributed by atoms with van der Waals surface area (Å²) in [5, 5.41) is 2.38. The molecule has 0 fully saturated rings. The summed E-state index contributed by atoms with van der Waals surface area (Å²) in [5.74, 6) is 0. The topological polar surface area (TPSA) is 69.9 Å². The van der Waals surface area contributed by atoms with E-state index >= 15 is 0 Å². The van der Waals surface area contributed by atoms with Crippen molar-refractivity contribution in [1.82, 2.24) is 9.55 Å². The quantitative estimate of drug-likeness (QED) is 0.555. The van der Waals surface area contributed by atoms with E-state index in [9.17, 15) is 0 Å². The fourth-order valence-electron chi connectivity index (χ4n) is 2.97. The van der Waals surface area contributed by atoms with Gasteiger partial charge in [0, 0.05) is 41.1 Å². The molecule has 0 spiro atoms. The molecule has 4 aromatic rings. The summed E-state index contributed by atoms with van der Waals surface area (Å²) in [6.45, 7) is 0.737. The average molecular weight is 288 g/mol. The molecular formula is C18H16N4. The van der Waals surface area contributed by atoms with E-state index < -0.39 is 0 Å². The second-order valence-corrected chi connectivity index (χ2v) is 5.50. The van der Waals surface area contributed by atoms with Gasteiger partial charge in [-0.25, -0.2) is 0 Å². The number of benzene rings is 2. The van der Waals surface area contributed by atoms with Gasteiger partial charge in [0.15, 0.2) is 0 Å². The number of fused-ring (bicyclic) bond motifs is 3. The van der Waals surface area contributed by atoms with Crippen LogP contribution in [0.5, 0.6) is 0 Å². The Morgan fingerprint density at radius 2 is 1.50 bits per heavy atom. The molecule has 0 amide bonds. The molecule has 2 aromatic heterocycles. The Kier molecular flexibility index (Phi) is 2.76. The van der Waals surface area contributed by atoms with Crippen LogP contribution in [0.2, 0.25) is 0 Å². The summed E-state index contributed by atoms with van der Waals surface area (Å²) in [5.41, 5.74) is 16.9. The van der Waals surface area contributed by atoms with Crippen LogP contribution in [0.25, 0.3) is 21.8 Å². The average Bonchev–Trinajstić information content (AvgIpc) is 2.81. The van der Waals surface area contributed by atoms with Crippen molar-refractivity contribution in [2.24, 2.45) is 0 Å². The first-order valence-electron chi connectivity index (χ1n) is 7.18. The third kappa shape index (κ3) is 1.97. The Balaban J connectivity index is 2.04. The van der Waals surface area contributed by atoms with E-state index in [-0.39, 0.29) is 0 Å². The Bertz CT molecular complexity index is 911. The molecular weight excluding hydrogens is 272 g/mol. The zero-order chi connectivity index (χ0) is 15.1. The van der Waals surface area contributed by atoms with Gasteiger partial charge in [0.25, 0.3) is 0 Å². The second kappa shape index (κ2) is 4.77. The lowest BCUT2D eigenvalue weighted by Crippen LogP contribution is -2.00. The maximum atomic E-state index is 5.99. The first-order chi connectivity index (χ1) is 10.7. The summed E-state index contributed by atoms with van der Waals surface area (Å²) in [6, 6.07) is 16.1. The number of hydrogen-bond acceptors (Lipinski definition) is 3. The number of pyridine rings is 1. The van der Waals surface area contributed by atoms with E-state index in [1.165, 1.54) is 10.8 Å². The third-order valence-corrected chi connectivity index (χ3v) is 3.98. The van der Waals surface area contributed by atoms with Crippen LogP contribution in [0.3, 0.4) is 0 Å². The molecule has 0 bridgehead atoms. The summed E-state index contributed by atoms with van der Waals surface area (Å²) in [7, 11) is 0. The van der Waals surface area contributed by atoms with Gasteiger partial charge in [0.05, 0.1) is 11.0 Å². The van der Waals surface area contributed by atoms with Crippen molar-refractivity contribution in [1.29, 1.82) is 0 Å². The molecule has 4 N–H and O–H groups in total. The molecule has 0 saturated heterocycles. The minimum absolute atomic E-state index is 0.737. The predicted molar refractivity (Wildman–Crippen MR) is 91.6 cm³/mol. The molecule has 4 heteroatoms. The number of nitrogens with two attached hydrogens (primary N) is 2. The zero-order valence-corrected chi connectivity index (χ0v) is 12.0. The Morgan fingerprint density at radius 3 is 2.05 bits per heavy atom. The first kappa shape index (κ1) is 12.7. The smallest absolute Gasteiger partial charge is 0.0515 e. The van der Waals surface area contributed by atoms with Gasteiger partial charge in [-0.15, -0.1) is 0 Å². The fourth-order valence-corrected chi connectivity index (χ4v) is 2.97. The van der Waals surface area contributed by atoms with Crippen molar-refractivity contribution in [3.8, 4) is 0 Å². The van der Waals surface area contributed by atoms with E-state index in [4.69, 9.17) is 11.5 Å². The van der Waals surface area contributed by atoms with Gasteiger partial charge in [0.1, 0.15) is 0 Å². The summed E-state index contributed by atoms with van der Waals surface area (Å²) >= 11 is 0. The molecule has 108 valence electrons. The lowest BCUT2D eigenvalue weighted by atomic mass is 10.1. The van der Waals surface area contributed by atoms with Crippen molar-refractivity contribution in [3.63, 3.8) is 0 Å². The molecule has 22 heavy (non-hydrogen) atoms. The molecule has 0 unspecified atom stereocenters.